The van der Waals surface area contributed by atoms with Crippen LogP contribution in [0.4, 0.5) is 0 Å². The number of nitrogens with two attached hydrogens (primary N) is 1. The van der Waals surface area contributed by atoms with E-state index in [1.807, 2.05) is 13.8 Å². The normalized spacial score (nSPS) is 14.7. The van der Waals surface area contributed by atoms with E-state index in [4.69, 9.17) is 10.5 Å². The van der Waals surface area contributed by atoms with Crippen molar-refractivity contribution in [1.82, 2.24) is 0 Å². The van der Waals surface area contributed by atoms with E-state index < -0.39 is 0 Å². The number of hydrogen-bond donors (Lipinski definition) is 1. The highest BCUT2D eigenvalue weighted by molar-refractivity contribution is 5.72. The third-order valence-electron chi connectivity index (χ3n) is 3.37. The third-order valence-corrected chi connectivity index (χ3v) is 3.37. The molecule has 0 aliphatic carbocycles. The Kier molecular flexibility index (Phi) is 9.14. The standard InChI is InChI=1S/C14H29NO2/c1-5-7-8-12(6-2)10-17-14(16)13(9-15)11(3)4/h11-13H,5-10,15H2,1-4H3. The molecule has 2 atom stereocenters. The summed E-state index contributed by atoms with van der Waals surface area (Å²) in [5.74, 6) is 0.476. The summed E-state index contributed by atoms with van der Waals surface area (Å²) in [6.45, 7) is 9.28. The molecular formula is C14H29NO2. The van der Waals surface area contributed by atoms with Gasteiger partial charge < -0.3 is 10.5 Å². The quantitative estimate of drug-likeness (QED) is 0.633. The first kappa shape index (κ1) is 16.4. The van der Waals surface area contributed by atoms with E-state index in [0.29, 0.717) is 19.1 Å². The minimum Gasteiger partial charge on any atom is -0.465 e. The Morgan fingerprint density at radius 3 is 2.35 bits per heavy atom. The summed E-state index contributed by atoms with van der Waals surface area (Å²) >= 11 is 0. The fourth-order valence-corrected chi connectivity index (χ4v) is 1.85. The Morgan fingerprint density at radius 1 is 1.29 bits per heavy atom. The van der Waals surface area contributed by atoms with Gasteiger partial charge in [0.2, 0.25) is 0 Å². The maximum Gasteiger partial charge on any atom is 0.310 e. The van der Waals surface area contributed by atoms with Crippen LogP contribution in [0, 0.1) is 17.8 Å². The Morgan fingerprint density at radius 2 is 1.94 bits per heavy atom. The van der Waals surface area contributed by atoms with Crippen molar-refractivity contribution in [1.29, 1.82) is 0 Å². The van der Waals surface area contributed by atoms with Gasteiger partial charge in [0.25, 0.3) is 0 Å². The van der Waals surface area contributed by atoms with Gasteiger partial charge in [-0.1, -0.05) is 47.0 Å². The number of esters is 1. The van der Waals surface area contributed by atoms with Crippen LogP contribution in [0.5, 0.6) is 0 Å². The van der Waals surface area contributed by atoms with Gasteiger partial charge in [-0.2, -0.15) is 0 Å². The van der Waals surface area contributed by atoms with E-state index in [1.54, 1.807) is 0 Å². The maximum absolute atomic E-state index is 11.8. The molecule has 0 aromatic heterocycles. The highest BCUT2D eigenvalue weighted by Gasteiger charge is 2.22. The molecule has 3 heteroatoms. The van der Waals surface area contributed by atoms with Crippen molar-refractivity contribution in [3.8, 4) is 0 Å². The molecule has 17 heavy (non-hydrogen) atoms. The van der Waals surface area contributed by atoms with Crippen LogP contribution < -0.4 is 5.73 Å². The fraction of sp³-hybridized carbons (Fsp3) is 0.929. The first-order valence-corrected chi connectivity index (χ1v) is 6.93. The Bertz CT molecular complexity index is 204. The van der Waals surface area contributed by atoms with Crippen molar-refractivity contribution in [2.24, 2.45) is 23.5 Å². The second kappa shape index (κ2) is 9.46. The molecule has 3 nitrogen and oxygen atoms in total. The van der Waals surface area contributed by atoms with Crippen LogP contribution in [0.2, 0.25) is 0 Å². The molecule has 0 spiro atoms. The van der Waals surface area contributed by atoms with E-state index in [-0.39, 0.29) is 17.8 Å². The molecule has 2 unspecified atom stereocenters. The molecule has 0 rings (SSSR count). The van der Waals surface area contributed by atoms with Gasteiger partial charge in [-0.15, -0.1) is 0 Å². The number of rotatable bonds is 9. The van der Waals surface area contributed by atoms with Crippen molar-refractivity contribution in [2.45, 2.75) is 53.4 Å². The zero-order valence-corrected chi connectivity index (χ0v) is 11.9. The lowest BCUT2D eigenvalue weighted by Crippen LogP contribution is -2.31. The van der Waals surface area contributed by atoms with Crippen LogP contribution in [-0.2, 0) is 9.53 Å². The second-order valence-corrected chi connectivity index (χ2v) is 5.13. The van der Waals surface area contributed by atoms with Gasteiger partial charge in [0.15, 0.2) is 0 Å². The molecule has 0 aromatic rings. The Hall–Kier alpha value is -0.570. The lowest BCUT2D eigenvalue weighted by Gasteiger charge is -2.20. The SMILES string of the molecule is CCCCC(CC)COC(=O)C(CN)C(C)C. The van der Waals surface area contributed by atoms with E-state index >= 15 is 0 Å². The van der Waals surface area contributed by atoms with Gasteiger partial charge in [0, 0.05) is 6.54 Å². The van der Waals surface area contributed by atoms with Gasteiger partial charge >= 0.3 is 5.97 Å². The number of carbonyl (C=O) groups excluding carboxylic acids is 1. The first-order chi connectivity index (χ1) is 8.06. The molecule has 0 fully saturated rings. The van der Waals surface area contributed by atoms with Crippen LogP contribution in [0.15, 0.2) is 0 Å². The fourth-order valence-electron chi connectivity index (χ4n) is 1.85. The molecule has 0 saturated carbocycles. The number of unbranched alkanes of at least 4 members (excludes halogenated alkanes) is 1. The van der Waals surface area contributed by atoms with Crippen LogP contribution >= 0.6 is 0 Å². The lowest BCUT2D eigenvalue weighted by atomic mass is 9.96. The predicted molar refractivity (Wildman–Crippen MR) is 71.6 cm³/mol. The highest BCUT2D eigenvalue weighted by Crippen LogP contribution is 2.16. The summed E-state index contributed by atoms with van der Waals surface area (Å²) in [6.07, 6.45) is 4.62. The smallest absolute Gasteiger partial charge is 0.310 e. The van der Waals surface area contributed by atoms with E-state index in [9.17, 15) is 4.79 Å². The molecule has 2 N–H and O–H groups in total. The Balaban J connectivity index is 4.02. The summed E-state index contributed by atoms with van der Waals surface area (Å²) < 4.78 is 5.39. The number of carbonyl (C=O) groups is 1. The average Bonchev–Trinajstić information content (AvgIpc) is 2.29. The molecule has 102 valence electrons. The summed E-state index contributed by atoms with van der Waals surface area (Å²) in [5.41, 5.74) is 5.59. The molecule has 0 heterocycles. The third kappa shape index (κ3) is 6.67. The van der Waals surface area contributed by atoms with Gasteiger partial charge in [0.1, 0.15) is 0 Å². The van der Waals surface area contributed by atoms with Gasteiger partial charge in [-0.05, 0) is 18.3 Å². The van der Waals surface area contributed by atoms with Crippen molar-refractivity contribution >= 4 is 5.97 Å². The summed E-state index contributed by atoms with van der Waals surface area (Å²) in [6, 6.07) is 0. The van der Waals surface area contributed by atoms with Crippen LogP contribution in [0.25, 0.3) is 0 Å². The van der Waals surface area contributed by atoms with Crippen molar-refractivity contribution in [3.05, 3.63) is 0 Å². The van der Waals surface area contributed by atoms with E-state index in [0.717, 1.165) is 12.8 Å². The van der Waals surface area contributed by atoms with Gasteiger partial charge in [0.05, 0.1) is 12.5 Å². The molecule has 0 bridgehead atoms. The largest absolute Gasteiger partial charge is 0.465 e. The zero-order valence-electron chi connectivity index (χ0n) is 11.9. The maximum atomic E-state index is 11.8. The lowest BCUT2D eigenvalue weighted by molar-refractivity contribution is -0.151. The molecular weight excluding hydrogens is 214 g/mol. The van der Waals surface area contributed by atoms with Crippen molar-refractivity contribution < 1.29 is 9.53 Å². The van der Waals surface area contributed by atoms with Crippen LogP contribution in [-0.4, -0.2) is 19.1 Å². The average molecular weight is 243 g/mol. The molecule has 0 saturated heterocycles. The van der Waals surface area contributed by atoms with Gasteiger partial charge in [-0.3, -0.25) is 4.79 Å². The van der Waals surface area contributed by atoms with Crippen LogP contribution in [0.3, 0.4) is 0 Å². The predicted octanol–water partition coefficient (Wildman–Crippen LogP) is 2.98. The Labute approximate surface area is 106 Å². The zero-order chi connectivity index (χ0) is 13.3. The minimum absolute atomic E-state index is 0.127. The number of ether oxygens (including phenoxy) is 1. The molecule has 0 radical (unpaired) electrons. The second-order valence-electron chi connectivity index (χ2n) is 5.13. The van der Waals surface area contributed by atoms with E-state index in [2.05, 4.69) is 13.8 Å². The molecule has 0 aliphatic heterocycles. The van der Waals surface area contributed by atoms with Crippen molar-refractivity contribution in [2.75, 3.05) is 13.2 Å². The van der Waals surface area contributed by atoms with Crippen LogP contribution in [0.1, 0.15) is 53.4 Å². The molecule has 0 amide bonds. The first-order valence-electron chi connectivity index (χ1n) is 6.93. The molecule has 0 aromatic carbocycles. The highest BCUT2D eigenvalue weighted by atomic mass is 16.5. The minimum atomic E-state index is -0.154. The number of hydrogen-bond acceptors (Lipinski definition) is 3. The summed E-state index contributed by atoms with van der Waals surface area (Å²) in [5, 5.41) is 0. The monoisotopic (exact) mass is 243 g/mol. The van der Waals surface area contributed by atoms with E-state index in [1.165, 1.54) is 12.8 Å². The molecule has 0 aliphatic rings. The topological polar surface area (TPSA) is 52.3 Å². The van der Waals surface area contributed by atoms with Crippen molar-refractivity contribution in [3.63, 3.8) is 0 Å². The summed E-state index contributed by atoms with van der Waals surface area (Å²) in [7, 11) is 0. The summed E-state index contributed by atoms with van der Waals surface area (Å²) in [4.78, 5) is 11.8. The van der Waals surface area contributed by atoms with Gasteiger partial charge in [-0.25, -0.2) is 0 Å².